The summed E-state index contributed by atoms with van der Waals surface area (Å²) in [6.07, 6.45) is 2.73. The molecule has 7 heteroatoms. The topological polar surface area (TPSA) is 78.3 Å². The Morgan fingerprint density at radius 2 is 2.21 bits per heavy atom. The zero-order chi connectivity index (χ0) is 13.5. The van der Waals surface area contributed by atoms with Crippen LogP contribution in [-0.4, -0.2) is 33.0 Å². The molecule has 104 valence electrons. The molecule has 2 aromatic heterocycles. The summed E-state index contributed by atoms with van der Waals surface area (Å²) in [5.41, 5.74) is 6.05. The van der Waals surface area contributed by atoms with Crippen molar-refractivity contribution in [1.82, 2.24) is 19.8 Å². The molecule has 3 rings (SSSR count). The molecule has 19 heavy (non-hydrogen) atoms. The van der Waals surface area contributed by atoms with Crippen molar-refractivity contribution >= 4 is 16.3 Å². The van der Waals surface area contributed by atoms with E-state index in [9.17, 15) is 0 Å². The molecule has 1 aliphatic rings. The third kappa shape index (κ3) is 2.05. The van der Waals surface area contributed by atoms with Gasteiger partial charge < -0.3 is 10.5 Å². The van der Waals surface area contributed by atoms with E-state index in [1.54, 1.807) is 11.3 Å². The molecule has 0 saturated carbocycles. The Bertz CT molecular complexity index is 568. The van der Waals surface area contributed by atoms with Gasteiger partial charge in [-0.05, 0) is 19.3 Å². The van der Waals surface area contributed by atoms with Gasteiger partial charge in [-0.15, -0.1) is 10.2 Å². The van der Waals surface area contributed by atoms with Crippen molar-refractivity contribution in [1.29, 1.82) is 0 Å². The van der Waals surface area contributed by atoms with Gasteiger partial charge >= 0.3 is 0 Å². The second-order valence-electron chi connectivity index (χ2n) is 5.08. The Morgan fingerprint density at radius 3 is 2.84 bits per heavy atom. The lowest BCUT2D eigenvalue weighted by molar-refractivity contribution is 0.193. The number of aromatic nitrogens is 4. The van der Waals surface area contributed by atoms with Crippen LogP contribution in [0.2, 0.25) is 0 Å². The smallest absolute Gasteiger partial charge is 0.234 e. The number of nitrogens with two attached hydrogens (primary N) is 1. The first-order valence-corrected chi connectivity index (χ1v) is 7.59. The van der Waals surface area contributed by atoms with Gasteiger partial charge in [0.2, 0.25) is 4.96 Å². The summed E-state index contributed by atoms with van der Waals surface area (Å²) in [5.74, 6) is 1.21. The molecular weight excluding hydrogens is 262 g/mol. The third-order valence-electron chi connectivity index (χ3n) is 4.00. The van der Waals surface area contributed by atoms with Gasteiger partial charge in [0.15, 0.2) is 5.82 Å². The number of ether oxygens (including phenoxy) is 1. The highest BCUT2D eigenvalue weighted by Gasteiger charge is 2.30. The van der Waals surface area contributed by atoms with Gasteiger partial charge in [-0.1, -0.05) is 25.2 Å². The molecule has 2 N–H and O–H groups in total. The third-order valence-corrected chi connectivity index (χ3v) is 5.12. The zero-order valence-electron chi connectivity index (χ0n) is 11.3. The van der Waals surface area contributed by atoms with Gasteiger partial charge in [-0.3, -0.25) is 0 Å². The van der Waals surface area contributed by atoms with Gasteiger partial charge in [0.05, 0.1) is 12.1 Å². The molecule has 0 radical (unpaired) electrons. The molecule has 0 amide bonds. The van der Waals surface area contributed by atoms with Crippen molar-refractivity contribution in [3.8, 4) is 0 Å². The van der Waals surface area contributed by atoms with Gasteiger partial charge in [-0.2, -0.15) is 9.61 Å². The summed E-state index contributed by atoms with van der Waals surface area (Å²) in [6, 6.07) is 0. The summed E-state index contributed by atoms with van der Waals surface area (Å²) in [6.45, 7) is 5.69. The maximum atomic E-state index is 6.41. The van der Waals surface area contributed by atoms with E-state index in [-0.39, 0.29) is 5.54 Å². The van der Waals surface area contributed by atoms with Crippen molar-refractivity contribution < 1.29 is 4.74 Å². The summed E-state index contributed by atoms with van der Waals surface area (Å²) in [4.78, 5) is 0.827. The molecule has 2 aromatic rings. The molecule has 3 heterocycles. The standard InChI is InChI=1S/C12H19N5OS/c1-3-12(13,4-2)10-16-17-9(8-5-6-18-7-8)14-15-11(17)19-10/h8H,3-7,13H2,1-2H3. The van der Waals surface area contributed by atoms with E-state index < -0.39 is 0 Å². The van der Waals surface area contributed by atoms with Crippen LogP contribution >= 0.6 is 11.3 Å². The number of rotatable bonds is 4. The second-order valence-corrected chi connectivity index (χ2v) is 6.04. The van der Waals surface area contributed by atoms with Gasteiger partial charge in [0, 0.05) is 12.5 Å². The fraction of sp³-hybridized carbons (Fsp3) is 0.750. The normalized spacial score (nSPS) is 20.5. The summed E-state index contributed by atoms with van der Waals surface area (Å²) >= 11 is 1.55. The van der Waals surface area contributed by atoms with Crippen LogP contribution in [0.15, 0.2) is 0 Å². The lowest BCUT2D eigenvalue weighted by Crippen LogP contribution is -2.35. The molecule has 1 atom stereocenters. The molecule has 1 unspecified atom stereocenters. The zero-order valence-corrected chi connectivity index (χ0v) is 12.1. The van der Waals surface area contributed by atoms with Crippen molar-refractivity contribution in [3.05, 3.63) is 10.8 Å². The van der Waals surface area contributed by atoms with Crippen LogP contribution < -0.4 is 5.73 Å². The van der Waals surface area contributed by atoms with Crippen LogP contribution in [0.5, 0.6) is 0 Å². The first-order chi connectivity index (χ1) is 9.18. The first-order valence-electron chi connectivity index (χ1n) is 6.77. The molecule has 0 spiro atoms. The fourth-order valence-corrected chi connectivity index (χ4v) is 3.47. The number of nitrogens with zero attached hydrogens (tertiary/aromatic N) is 4. The second kappa shape index (κ2) is 4.81. The van der Waals surface area contributed by atoms with E-state index in [2.05, 4.69) is 29.1 Å². The highest BCUT2D eigenvalue weighted by atomic mass is 32.1. The average Bonchev–Trinajstić information content (AvgIpc) is 3.12. The van der Waals surface area contributed by atoms with Crippen molar-refractivity contribution in [3.63, 3.8) is 0 Å². The highest BCUT2D eigenvalue weighted by molar-refractivity contribution is 7.16. The molecule has 6 nitrogen and oxygen atoms in total. The van der Waals surface area contributed by atoms with Crippen molar-refractivity contribution in [2.24, 2.45) is 5.73 Å². The highest BCUT2D eigenvalue weighted by Crippen LogP contribution is 2.31. The Balaban J connectivity index is 2.02. The van der Waals surface area contributed by atoms with Crippen LogP contribution in [0, 0.1) is 0 Å². The van der Waals surface area contributed by atoms with Crippen molar-refractivity contribution in [2.45, 2.75) is 44.6 Å². The molecular formula is C12H19N5OS. The van der Waals surface area contributed by atoms with E-state index in [4.69, 9.17) is 10.5 Å². The van der Waals surface area contributed by atoms with Crippen LogP contribution in [-0.2, 0) is 10.3 Å². The quantitative estimate of drug-likeness (QED) is 0.922. The van der Waals surface area contributed by atoms with E-state index in [0.29, 0.717) is 12.5 Å². The minimum Gasteiger partial charge on any atom is -0.381 e. The number of fused-ring (bicyclic) bond motifs is 1. The predicted molar refractivity (Wildman–Crippen MR) is 73.3 cm³/mol. The van der Waals surface area contributed by atoms with Gasteiger partial charge in [0.1, 0.15) is 5.01 Å². The minimum atomic E-state index is -0.352. The van der Waals surface area contributed by atoms with Crippen LogP contribution in [0.3, 0.4) is 0 Å². The number of hydrogen-bond donors (Lipinski definition) is 1. The van der Waals surface area contributed by atoms with Crippen LogP contribution in [0.4, 0.5) is 0 Å². The Labute approximate surface area is 116 Å². The summed E-state index contributed by atoms with van der Waals surface area (Å²) < 4.78 is 7.27. The number of hydrogen-bond acceptors (Lipinski definition) is 6. The van der Waals surface area contributed by atoms with E-state index in [1.807, 2.05) is 4.52 Å². The monoisotopic (exact) mass is 281 g/mol. The minimum absolute atomic E-state index is 0.306. The Kier molecular flexibility index (Phi) is 3.28. The molecule has 1 fully saturated rings. The lowest BCUT2D eigenvalue weighted by atomic mass is 9.95. The maximum Gasteiger partial charge on any atom is 0.234 e. The molecule has 1 saturated heterocycles. The molecule has 1 aliphatic heterocycles. The lowest BCUT2D eigenvalue weighted by Gasteiger charge is -2.22. The van der Waals surface area contributed by atoms with Crippen LogP contribution in [0.1, 0.15) is 49.9 Å². The van der Waals surface area contributed by atoms with E-state index in [0.717, 1.165) is 41.7 Å². The van der Waals surface area contributed by atoms with E-state index in [1.165, 1.54) is 0 Å². The Morgan fingerprint density at radius 1 is 1.42 bits per heavy atom. The Hall–Kier alpha value is -1.05. The largest absolute Gasteiger partial charge is 0.381 e. The van der Waals surface area contributed by atoms with Crippen molar-refractivity contribution in [2.75, 3.05) is 13.2 Å². The molecule has 0 aromatic carbocycles. The SMILES string of the molecule is CCC(N)(CC)c1nn2c(C3CCOC3)nnc2s1. The van der Waals surface area contributed by atoms with E-state index >= 15 is 0 Å². The maximum absolute atomic E-state index is 6.41. The summed E-state index contributed by atoms with van der Waals surface area (Å²) in [5, 5.41) is 14.1. The molecule has 0 aliphatic carbocycles. The van der Waals surface area contributed by atoms with Gasteiger partial charge in [0.25, 0.3) is 0 Å². The van der Waals surface area contributed by atoms with Gasteiger partial charge in [-0.25, -0.2) is 0 Å². The fourth-order valence-electron chi connectivity index (χ4n) is 2.38. The summed E-state index contributed by atoms with van der Waals surface area (Å²) in [7, 11) is 0. The predicted octanol–water partition coefficient (Wildman–Crippen LogP) is 1.66. The van der Waals surface area contributed by atoms with Crippen LogP contribution in [0.25, 0.3) is 4.96 Å². The average molecular weight is 281 g/mol. The molecule has 0 bridgehead atoms. The first kappa shape index (κ1) is 13.0.